The number of ketones is 1. The number of benzene rings is 1. The summed E-state index contributed by atoms with van der Waals surface area (Å²) < 4.78 is 99.1. The first-order valence-electron chi connectivity index (χ1n) is 6.52. The summed E-state index contributed by atoms with van der Waals surface area (Å²) in [5.41, 5.74) is -7.83. The van der Waals surface area contributed by atoms with E-state index in [0.29, 0.717) is 6.26 Å². The lowest BCUT2D eigenvalue weighted by atomic mass is 10.00. The highest BCUT2D eigenvalue weighted by molar-refractivity contribution is 7.91. The van der Waals surface area contributed by atoms with Crippen LogP contribution in [-0.4, -0.2) is 36.3 Å². The number of carbonyl (C=O) groups excluding carboxylic acids is 1. The van der Waals surface area contributed by atoms with Crippen molar-refractivity contribution in [1.82, 2.24) is 9.66 Å². The number of nitrogens with zero attached hydrogens (tertiary/aromatic N) is 1. The summed E-state index contributed by atoms with van der Waals surface area (Å²) in [6.07, 6.45) is -10.6. The molecule has 0 saturated heterocycles. The normalized spacial score (nSPS) is 13.0. The number of hydrogen-bond acceptors (Lipinski definition) is 5. The van der Waals surface area contributed by atoms with Crippen molar-refractivity contribution in [2.24, 2.45) is 0 Å². The van der Waals surface area contributed by atoms with Gasteiger partial charge in [-0.15, -0.1) is 0 Å². The number of hydrogen-bond donors (Lipinski definition) is 2. The molecule has 27 heavy (non-hydrogen) atoms. The lowest BCUT2D eigenvalue weighted by Crippen LogP contribution is -2.43. The van der Waals surface area contributed by atoms with E-state index >= 15 is 0 Å². The number of fused-ring (bicyclic) bond motifs is 1. The van der Waals surface area contributed by atoms with Crippen LogP contribution in [0.5, 0.6) is 0 Å². The summed E-state index contributed by atoms with van der Waals surface area (Å²) >= 11 is 0. The predicted octanol–water partition coefficient (Wildman–Crippen LogP) is 0.957. The second-order valence-corrected chi connectivity index (χ2v) is 6.93. The van der Waals surface area contributed by atoms with Crippen molar-refractivity contribution in [3.63, 3.8) is 0 Å². The molecule has 0 spiro atoms. The van der Waals surface area contributed by atoms with Crippen LogP contribution in [0.4, 0.5) is 26.3 Å². The number of aromatic nitrogens is 2. The highest BCUT2D eigenvalue weighted by Gasteiger charge is 2.45. The summed E-state index contributed by atoms with van der Waals surface area (Å²) in [6.45, 7) is 0. The maximum Gasteiger partial charge on any atom is 0.454 e. The zero-order valence-electron chi connectivity index (χ0n) is 12.8. The summed E-state index contributed by atoms with van der Waals surface area (Å²) in [4.78, 5) is 38.4. The topological polar surface area (TPSA) is 118 Å². The molecule has 0 atom stereocenters. The molecule has 0 bridgehead atoms. The zero-order chi connectivity index (χ0) is 20.9. The quantitative estimate of drug-likeness (QED) is 0.568. The van der Waals surface area contributed by atoms with Gasteiger partial charge in [-0.05, 0) is 12.1 Å². The zero-order valence-corrected chi connectivity index (χ0v) is 13.6. The van der Waals surface area contributed by atoms with Crippen molar-refractivity contribution in [2.75, 3.05) is 11.1 Å². The van der Waals surface area contributed by atoms with Gasteiger partial charge in [0.2, 0.25) is 10.0 Å². The van der Waals surface area contributed by atoms with Crippen LogP contribution in [0.15, 0.2) is 21.7 Å². The van der Waals surface area contributed by atoms with Gasteiger partial charge in [0.15, 0.2) is 0 Å². The van der Waals surface area contributed by atoms with E-state index in [0.717, 1.165) is 0 Å². The molecule has 0 unspecified atom stereocenters. The van der Waals surface area contributed by atoms with E-state index in [1.54, 1.807) is 4.98 Å². The molecule has 0 aliphatic heterocycles. The van der Waals surface area contributed by atoms with Gasteiger partial charge < -0.3 is 4.98 Å². The molecule has 0 aliphatic rings. The lowest BCUT2D eigenvalue weighted by molar-refractivity contribution is -0.138. The van der Waals surface area contributed by atoms with Crippen LogP contribution in [0, 0.1) is 0 Å². The smallest absolute Gasteiger partial charge is 0.305 e. The highest BCUT2D eigenvalue weighted by atomic mass is 32.2. The fourth-order valence-corrected chi connectivity index (χ4v) is 2.59. The van der Waals surface area contributed by atoms with E-state index in [9.17, 15) is 49.1 Å². The van der Waals surface area contributed by atoms with Crippen LogP contribution >= 0.6 is 0 Å². The Kier molecular flexibility index (Phi) is 4.63. The molecule has 2 aromatic rings. The minimum Gasteiger partial charge on any atom is -0.305 e. The van der Waals surface area contributed by atoms with Gasteiger partial charge in [-0.2, -0.15) is 31.0 Å². The Morgan fingerprint density at radius 2 is 1.67 bits per heavy atom. The summed E-state index contributed by atoms with van der Waals surface area (Å²) in [5, 5.41) is -0.952. The van der Waals surface area contributed by atoms with Crippen molar-refractivity contribution < 1.29 is 39.6 Å². The molecule has 1 aromatic heterocycles. The first kappa shape index (κ1) is 20.5. The Morgan fingerprint density at radius 3 is 2.11 bits per heavy atom. The van der Waals surface area contributed by atoms with E-state index in [-0.39, 0.29) is 16.8 Å². The molecule has 0 fully saturated rings. The maximum atomic E-state index is 13.0. The minimum atomic E-state index is -5.68. The van der Waals surface area contributed by atoms with Gasteiger partial charge in [0.05, 0.1) is 22.7 Å². The average Bonchev–Trinajstić information content (AvgIpc) is 2.47. The number of carbonyl (C=O) groups is 1. The van der Waals surface area contributed by atoms with Crippen molar-refractivity contribution in [1.29, 1.82) is 0 Å². The Hall–Kier alpha value is -2.84. The molecule has 1 aromatic carbocycles. The molecule has 0 aliphatic carbocycles. The SMILES string of the molecule is CS(=O)(=O)Nn1c(=O)[nH]c2cc(C(F)(F)F)c(C(=O)C(F)(F)F)cc2c1=O. The summed E-state index contributed by atoms with van der Waals surface area (Å²) in [6, 6.07) is -0.0192. The largest absolute Gasteiger partial charge is 0.454 e. The predicted molar refractivity (Wildman–Crippen MR) is 78.4 cm³/mol. The fourth-order valence-electron chi connectivity index (χ4n) is 2.09. The fraction of sp³-hybridized carbons (Fsp3) is 0.250. The minimum absolute atomic E-state index is 0.00723. The van der Waals surface area contributed by atoms with Gasteiger partial charge in [0, 0.05) is 5.56 Å². The van der Waals surface area contributed by atoms with E-state index in [2.05, 4.69) is 0 Å². The Morgan fingerprint density at radius 1 is 1.11 bits per heavy atom. The van der Waals surface area contributed by atoms with Gasteiger partial charge in [-0.3, -0.25) is 9.59 Å². The van der Waals surface area contributed by atoms with Crippen molar-refractivity contribution in [3.8, 4) is 0 Å². The van der Waals surface area contributed by atoms with Gasteiger partial charge >= 0.3 is 18.0 Å². The number of aromatic amines is 1. The third kappa shape index (κ3) is 4.12. The second-order valence-electron chi connectivity index (χ2n) is 5.20. The van der Waals surface area contributed by atoms with Gasteiger partial charge in [0.25, 0.3) is 11.3 Å². The van der Waals surface area contributed by atoms with Crippen LogP contribution in [-0.2, 0) is 16.2 Å². The molecule has 0 saturated carbocycles. The average molecular weight is 419 g/mol. The highest BCUT2D eigenvalue weighted by Crippen LogP contribution is 2.36. The van der Waals surface area contributed by atoms with Gasteiger partial charge in [-0.1, -0.05) is 0 Å². The third-order valence-corrected chi connectivity index (χ3v) is 3.61. The van der Waals surface area contributed by atoms with Crippen LogP contribution in [0.25, 0.3) is 10.9 Å². The van der Waals surface area contributed by atoms with Crippen molar-refractivity contribution in [3.05, 3.63) is 44.1 Å². The van der Waals surface area contributed by atoms with Gasteiger partial charge in [0.1, 0.15) is 0 Å². The molecule has 0 radical (unpaired) electrons. The van der Waals surface area contributed by atoms with Crippen LogP contribution in [0.1, 0.15) is 15.9 Å². The number of Topliss-reactive ketones (excluding diaryl/α,β-unsaturated/α-hetero) is 1. The van der Waals surface area contributed by atoms with Crippen LogP contribution in [0.2, 0.25) is 0 Å². The molecule has 148 valence electrons. The Labute approximate surface area is 144 Å². The third-order valence-electron chi connectivity index (χ3n) is 3.10. The molecule has 1 heterocycles. The van der Waals surface area contributed by atoms with E-state index in [1.807, 2.05) is 0 Å². The van der Waals surface area contributed by atoms with Crippen molar-refractivity contribution >= 4 is 26.7 Å². The number of sulfonamides is 1. The first-order valence-corrected chi connectivity index (χ1v) is 8.41. The number of alkyl halides is 6. The Balaban J connectivity index is 2.96. The van der Waals surface area contributed by atoms with Gasteiger partial charge in [-0.25, -0.2) is 18.0 Å². The van der Waals surface area contributed by atoms with Crippen LogP contribution < -0.4 is 16.1 Å². The number of nitrogens with one attached hydrogen (secondary N) is 2. The summed E-state index contributed by atoms with van der Waals surface area (Å²) in [5.74, 6) is -2.87. The van der Waals surface area contributed by atoms with E-state index in [4.69, 9.17) is 0 Å². The molecule has 8 nitrogen and oxygen atoms in total. The van der Waals surface area contributed by atoms with Crippen molar-refractivity contribution in [2.45, 2.75) is 12.4 Å². The number of rotatable bonds is 3. The molecular formula is C12H7F6N3O5S. The summed E-state index contributed by atoms with van der Waals surface area (Å²) in [7, 11) is -4.21. The van der Waals surface area contributed by atoms with E-state index < -0.39 is 61.4 Å². The van der Waals surface area contributed by atoms with Crippen LogP contribution in [0.3, 0.4) is 0 Å². The molecule has 2 N–H and O–H groups in total. The first-order chi connectivity index (χ1) is 12.0. The standard InChI is InChI=1S/C12H7F6N3O5S/c1-27(25,26)20-21-9(23)5-2-4(8(22)12(16,17)18)6(11(13,14)15)3-7(5)19-10(21)24/h2-3,20H,1H3,(H,19,24). The maximum absolute atomic E-state index is 13.0. The molecule has 15 heteroatoms. The lowest BCUT2D eigenvalue weighted by Gasteiger charge is -2.15. The monoisotopic (exact) mass is 419 g/mol. The molecular weight excluding hydrogens is 412 g/mol. The number of halogens is 6. The molecule has 0 amide bonds. The van der Waals surface area contributed by atoms with E-state index in [1.165, 1.54) is 4.83 Å². The Bertz CT molecular complexity index is 1160. The molecule has 2 rings (SSSR count). The number of H-pyrrole nitrogens is 1. The second kappa shape index (κ2) is 6.11.